The van der Waals surface area contributed by atoms with E-state index in [0.29, 0.717) is 18.0 Å². The minimum Gasteiger partial charge on any atom is -0.336 e. The first-order valence-electron chi connectivity index (χ1n) is 9.97. The van der Waals surface area contributed by atoms with E-state index >= 15 is 0 Å². The summed E-state index contributed by atoms with van der Waals surface area (Å²) >= 11 is 5.93. The second-order valence-corrected chi connectivity index (χ2v) is 8.60. The number of piperidine rings is 2. The highest BCUT2D eigenvalue weighted by molar-refractivity contribution is 6.30. The molecule has 0 unspecified atom stereocenters. The number of halogens is 1. The number of nitrogens with zero attached hydrogens (tertiary/aromatic N) is 6. The minimum atomic E-state index is 0.242. The summed E-state index contributed by atoms with van der Waals surface area (Å²) in [6, 6.07) is 0. The quantitative estimate of drug-likeness (QED) is 0.768. The molecule has 2 aromatic rings. The van der Waals surface area contributed by atoms with Gasteiger partial charge in [0.1, 0.15) is 0 Å². The summed E-state index contributed by atoms with van der Waals surface area (Å²) in [5, 5.41) is 4.93. The van der Waals surface area contributed by atoms with Gasteiger partial charge in [0.2, 0.25) is 5.91 Å². The van der Waals surface area contributed by atoms with E-state index in [1.165, 1.54) is 0 Å². The summed E-state index contributed by atoms with van der Waals surface area (Å²) in [6.07, 6.45) is 11.0. The molecule has 0 N–H and O–H groups in total. The van der Waals surface area contributed by atoms with Crippen molar-refractivity contribution in [3.63, 3.8) is 0 Å². The smallest absolute Gasteiger partial charge is 0.222 e. The van der Waals surface area contributed by atoms with Crippen molar-refractivity contribution in [2.24, 2.45) is 5.41 Å². The van der Waals surface area contributed by atoms with Crippen molar-refractivity contribution in [3.8, 4) is 0 Å². The Hall–Kier alpha value is -1.99. The second kappa shape index (κ2) is 8.17. The monoisotopic (exact) mass is 402 g/mol. The van der Waals surface area contributed by atoms with Crippen molar-refractivity contribution < 1.29 is 4.79 Å². The van der Waals surface area contributed by atoms with Crippen LogP contribution in [0.1, 0.15) is 37.1 Å². The first kappa shape index (κ1) is 19.3. The Labute approximate surface area is 170 Å². The third-order valence-electron chi connectivity index (χ3n) is 6.10. The Bertz CT molecular complexity index is 812. The zero-order valence-electron chi connectivity index (χ0n) is 16.3. The number of hydrogen-bond donors (Lipinski definition) is 0. The summed E-state index contributed by atoms with van der Waals surface area (Å²) in [4.78, 5) is 25.7. The minimum absolute atomic E-state index is 0.242. The van der Waals surface area contributed by atoms with E-state index < -0.39 is 0 Å². The molecule has 2 aliphatic rings. The average Bonchev–Trinajstić information content (AvgIpc) is 3.12. The van der Waals surface area contributed by atoms with Crippen molar-refractivity contribution >= 4 is 17.5 Å². The highest BCUT2D eigenvalue weighted by Gasteiger charge is 2.40. The van der Waals surface area contributed by atoms with Crippen LogP contribution in [0.5, 0.6) is 0 Å². The van der Waals surface area contributed by atoms with Crippen molar-refractivity contribution in [2.75, 3.05) is 26.2 Å². The van der Waals surface area contributed by atoms with Gasteiger partial charge in [-0.25, -0.2) is 0 Å². The fourth-order valence-corrected chi connectivity index (χ4v) is 4.46. The van der Waals surface area contributed by atoms with Crippen molar-refractivity contribution in [1.82, 2.24) is 29.5 Å². The third-order valence-corrected chi connectivity index (χ3v) is 6.29. The second-order valence-electron chi connectivity index (χ2n) is 8.16. The topological polar surface area (TPSA) is 67.2 Å². The van der Waals surface area contributed by atoms with Gasteiger partial charge in [0.15, 0.2) is 0 Å². The molecule has 4 heterocycles. The highest BCUT2D eigenvalue weighted by Crippen LogP contribution is 2.40. The van der Waals surface area contributed by atoms with Gasteiger partial charge in [-0.1, -0.05) is 11.6 Å². The van der Waals surface area contributed by atoms with Gasteiger partial charge in [0.05, 0.1) is 41.9 Å². The van der Waals surface area contributed by atoms with Gasteiger partial charge in [0, 0.05) is 31.9 Å². The molecule has 1 amide bonds. The van der Waals surface area contributed by atoms with Crippen LogP contribution < -0.4 is 0 Å². The number of likely N-dealkylation sites (tertiary alicyclic amines) is 2. The molecular formula is C20H27ClN6O. The third kappa shape index (κ3) is 4.52. The van der Waals surface area contributed by atoms with E-state index in [9.17, 15) is 4.79 Å². The molecular weight excluding hydrogens is 376 g/mol. The fraction of sp³-hybridized carbons (Fsp3) is 0.600. The van der Waals surface area contributed by atoms with Crippen LogP contribution >= 0.6 is 11.6 Å². The number of carbonyl (C=O) groups is 1. The zero-order chi connectivity index (χ0) is 19.6. The number of hydrogen-bond acceptors (Lipinski definition) is 5. The van der Waals surface area contributed by atoms with Gasteiger partial charge in [-0.15, -0.1) is 0 Å². The summed E-state index contributed by atoms with van der Waals surface area (Å²) < 4.78 is 1.90. The zero-order valence-corrected chi connectivity index (χ0v) is 17.1. The first-order valence-corrected chi connectivity index (χ1v) is 10.3. The molecule has 2 aliphatic heterocycles. The van der Waals surface area contributed by atoms with E-state index in [-0.39, 0.29) is 11.3 Å². The normalized spacial score (nSPS) is 20.1. The predicted molar refractivity (Wildman–Crippen MR) is 107 cm³/mol. The van der Waals surface area contributed by atoms with E-state index in [4.69, 9.17) is 11.6 Å². The number of amides is 1. The molecule has 7 nitrogen and oxygen atoms in total. The summed E-state index contributed by atoms with van der Waals surface area (Å²) in [5.74, 6) is 0.242. The van der Waals surface area contributed by atoms with Crippen LogP contribution in [-0.4, -0.2) is 61.6 Å². The van der Waals surface area contributed by atoms with Gasteiger partial charge >= 0.3 is 0 Å². The SMILES string of the molecule is Cc1cnc(CN2CC3(CCC2=O)CCN(CCn2cc(Cl)cn2)CC3)cn1. The van der Waals surface area contributed by atoms with Crippen LogP contribution in [0.3, 0.4) is 0 Å². The summed E-state index contributed by atoms with van der Waals surface area (Å²) in [7, 11) is 0. The van der Waals surface area contributed by atoms with E-state index in [2.05, 4.69) is 20.0 Å². The number of rotatable bonds is 5. The molecule has 1 spiro atoms. The maximum atomic E-state index is 12.5. The van der Waals surface area contributed by atoms with Crippen molar-refractivity contribution in [1.29, 1.82) is 0 Å². The van der Waals surface area contributed by atoms with Gasteiger partial charge < -0.3 is 9.80 Å². The Morgan fingerprint density at radius 2 is 1.93 bits per heavy atom. The molecule has 0 aliphatic carbocycles. The lowest BCUT2D eigenvalue weighted by Crippen LogP contribution is -2.51. The molecule has 2 fully saturated rings. The molecule has 4 rings (SSSR count). The average molecular weight is 403 g/mol. The van der Waals surface area contributed by atoms with E-state index in [1.807, 2.05) is 22.7 Å². The van der Waals surface area contributed by atoms with Gasteiger partial charge in [-0.05, 0) is 44.7 Å². The van der Waals surface area contributed by atoms with Gasteiger partial charge in [-0.2, -0.15) is 5.10 Å². The lowest BCUT2D eigenvalue weighted by Gasteiger charge is -2.47. The van der Waals surface area contributed by atoms with Crippen LogP contribution in [-0.2, 0) is 17.9 Å². The Morgan fingerprint density at radius 3 is 2.61 bits per heavy atom. The standard InChI is InChI=1S/C20H27ClN6O/c1-16-10-23-18(12-22-16)14-26-15-20(3-2-19(26)28)4-6-25(7-5-20)8-9-27-13-17(21)11-24-27/h10-13H,2-9,14-15H2,1H3. The number of aryl methyl sites for hydroxylation is 1. The molecule has 2 aromatic heterocycles. The molecule has 0 bridgehead atoms. The Balaban J connectivity index is 1.31. The van der Waals surface area contributed by atoms with E-state index in [0.717, 1.165) is 63.4 Å². The molecule has 0 saturated carbocycles. The molecule has 0 radical (unpaired) electrons. The maximum absolute atomic E-state index is 12.5. The van der Waals surface area contributed by atoms with Crippen LogP contribution in [0.4, 0.5) is 0 Å². The van der Waals surface area contributed by atoms with Crippen LogP contribution in [0.25, 0.3) is 0 Å². The summed E-state index contributed by atoms with van der Waals surface area (Å²) in [5.41, 5.74) is 2.01. The Morgan fingerprint density at radius 1 is 1.11 bits per heavy atom. The van der Waals surface area contributed by atoms with Gasteiger partial charge in [-0.3, -0.25) is 19.4 Å². The first-order chi connectivity index (χ1) is 13.5. The van der Waals surface area contributed by atoms with Crippen molar-refractivity contribution in [3.05, 3.63) is 41.2 Å². The molecule has 2 saturated heterocycles. The molecule has 150 valence electrons. The van der Waals surface area contributed by atoms with E-state index in [1.54, 1.807) is 18.6 Å². The Kier molecular flexibility index (Phi) is 5.64. The molecule has 0 atom stereocenters. The molecule has 0 aromatic carbocycles. The van der Waals surface area contributed by atoms with Crippen LogP contribution in [0.2, 0.25) is 5.02 Å². The molecule has 28 heavy (non-hydrogen) atoms. The summed E-state index contributed by atoms with van der Waals surface area (Å²) in [6.45, 7) is 7.31. The largest absolute Gasteiger partial charge is 0.336 e. The fourth-order valence-electron chi connectivity index (χ4n) is 4.31. The van der Waals surface area contributed by atoms with Crippen LogP contribution in [0, 0.1) is 12.3 Å². The maximum Gasteiger partial charge on any atom is 0.222 e. The van der Waals surface area contributed by atoms with Crippen LogP contribution in [0.15, 0.2) is 24.8 Å². The molecule has 8 heteroatoms. The lowest BCUT2D eigenvalue weighted by atomic mass is 9.72. The number of carbonyl (C=O) groups excluding carboxylic acids is 1. The highest BCUT2D eigenvalue weighted by atomic mass is 35.5. The van der Waals surface area contributed by atoms with Crippen molar-refractivity contribution in [2.45, 2.75) is 45.7 Å². The lowest BCUT2D eigenvalue weighted by molar-refractivity contribution is -0.140. The number of aromatic nitrogens is 4. The van der Waals surface area contributed by atoms with Gasteiger partial charge in [0.25, 0.3) is 0 Å². The predicted octanol–water partition coefficient (Wildman–Crippen LogP) is 2.54.